The summed E-state index contributed by atoms with van der Waals surface area (Å²) in [5, 5.41) is 14.2. The number of hydrogen-bond donors (Lipinski definition) is 1. The number of benzene rings is 1. The monoisotopic (exact) mass is 284 g/mol. The van der Waals surface area contributed by atoms with E-state index < -0.39 is 11.9 Å². The third-order valence-electron chi connectivity index (χ3n) is 4.17. The van der Waals surface area contributed by atoms with Crippen molar-refractivity contribution < 1.29 is 9.90 Å². The van der Waals surface area contributed by atoms with Gasteiger partial charge in [-0.15, -0.1) is 0 Å². The molecule has 2 aromatic rings. The number of fused-ring (bicyclic) bond motifs is 1. The average Bonchev–Trinajstić information content (AvgIpc) is 3.08. The highest BCUT2D eigenvalue weighted by molar-refractivity contribution is 5.76. The molecule has 1 aromatic heterocycles. The van der Waals surface area contributed by atoms with Crippen LogP contribution in [0.4, 0.5) is 0 Å². The van der Waals surface area contributed by atoms with Gasteiger partial charge in [0.05, 0.1) is 11.4 Å². The second kappa shape index (κ2) is 5.72. The van der Waals surface area contributed by atoms with Gasteiger partial charge in [-0.1, -0.05) is 31.5 Å². The maximum Gasteiger partial charge on any atom is 0.312 e. The highest BCUT2D eigenvalue weighted by Crippen LogP contribution is 2.33. The Labute approximate surface area is 124 Å². The molecule has 1 aliphatic carbocycles. The summed E-state index contributed by atoms with van der Waals surface area (Å²) < 4.78 is 1.95. The fourth-order valence-electron chi connectivity index (χ4n) is 3.19. The lowest BCUT2D eigenvalue weighted by atomic mass is 9.96. The van der Waals surface area contributed by atoms with Crippen molar-refractivity contribution in [2.75, 3.05) is 0 Å². The fourth-order valence-corrected chi connectivity index (χ4v) is 3.19. The average molecular weight is 284 g/mol. The van der Waals surface area contributed by atoms with Crippen molar-refractivity contribution in [3.8, 4) is 5.69 Å². The second-order valence-electron chi connectivity index (χ2n) is 5.59. The van der Waals surface area contributed by atoms with Crippen molar-refractivity contribution in [3.63, 3.8) is 0 Å². The van der Waals surface area contributed by atoms with Crippen molar-refractivity contribution in [1.82, 2.24) is 9.78 Å². The van der Waals surface area contributed by atoms with E-state index in [2.05, 4.69) is 5.10 Å². The molecule has 0 amide bonds. The van der Waals surface area contributed by atoms with Crippen LogP contribution < -0.4 is 0 Å². The molecule has 1 unspecified atom stereocenters. The van der Waals surface area contributed by atoms with Crippen LogP contribution >= 0.6 is 0 Å². The third-order valence-corrected chi connectivity index (χ3v) is 4.17. The molecule has 0 saturated heterocycles. The van der Waals surface area contributed by atoms with Gasteiger partial charge in [-0.05, 0) is 43.4 Å². The number of carboxylic acid groups (broad SMARTS) is 1. The van der Waals surface area contributed by atoms with Crippen LogP contribution in [-0.2, 0) is 17.6 Å². The van der Waals surface area contributed by atoms with Gasteiger partial charge < -0.3 is 5.11 Å². The SMILES string of the molecule is CCCC(C(=O)O)c1nn(-c2ccccc2)c2c1CCC2. The van der Waals surface area contributed by atoms with Gasteiger partial charge in [0, 0.05) is 5.69 Å². The number of hydrogen-bond acceptors (Lipinski definition) is 2. The molecule has 0 saturated carbocycles. The topological polar surface area (TPSA) is 55.1 Å². The zero-order valence-electron chi connectivity index (χ0n) is 12.2. The normalized spacial score (nSPS) is 14.9. The van der Waals surface area contributed by atoms with Crippen molar-refractivity contribution in [1.29, 1.82) is 0 Å². The van der Waals surface area contributed by atoms with Crippen LogP contribution in [0.1, 0.15) is 49.1 Å². The van der Waals surface area contributed by atoms with Gasteiger partial charge in [0.25, 0.3) is 0 Å². The Bertz CT molecular complexity index is 646. The highest BCUT2D eigenvalue weighted by Gasteiger charge is 2.30. The van der Waals surface area contributed by atoms with Crippen LogP contribution in [-0.4, -0.2) is 20.9 Å². The number of nitrogens with zero attached hydrogens (tertiary/aromatic N) is 2. The van der Waals surface area contributed by atoms with Crippen molar-refractivity contribution >= 4 is 5.97 Å². The summed E-state index contributed by atoms with van der Waals surface area (Å²) in [5.41, 5.74) is 4.15. The van der Waals surface area contributed by atoms with Crippen LogP contribution in [0.2, 0.25) is 0 Å². The van der Waals surface area contributed by atoms with Crippen LogP contribution in [0.25, 0.3) is 5.69 Å². The Kier molecular flexibility index (Phi) is 3.78. The van der Waals surface area contributed by atoms with E-state index in [-0.39, 0.29) is 0 Å². The Morgan fingerprint density at radius 1 is 1.33 bits per heavy atom. The fraction of sp³-hybridized carbons (Fsp3) is 0.412. The van der Waals surface area contributed by atoms with Gasteiger partial charge in [0.1, 0.15) is 5.92 Å². The molecule has 1 heterocycles. The van der Waals surface area contributed by atoms with Crippen molar-refractivity contribution in [2.45, 2.75) is 44.9 Å². The number of aliphatic carboxylic acids is 1. The molecule has 1 N–H and O–H groups in total. The molecule has 4 nitrogen and oxygen atoms in total. The minimum absolute atomic E-state index is 0.480. The first kappa shape index (κ1) is 13.9. The van der Waals surface area contributed by atoms with Crippen molar-refractivity contribution in [2.24, 2.45) is 0 Å². The molecule has 4 heteroatoms. The third kappa shape index (κ3) is 2.46. The van der Waals surface area contributed by atoms with Crippen LogP contribution in [0.3, 0.4) is 0 Å². The molecule has 1 atom stereocenters. The predicted octanol–water partition coefficient (Wildman–Crippen LogP) is 3.33. The maximum absolute atomic E-state index is 11.6. The molecular weight excluding hydrogens is 264 g/mol. The minimum atomic E-state index is -0.760. The Morgan fingerprint density at radius 2 is 2.10 bits per heavy atom. The van der Waals surface area contributed by atoms with E-state index in [1.54, 1.807) is 0 Å². The van der Waals surface area contributed by atoms with Crippen LogP contribution in [0.15, 0.2) is 30.3 Å². The number of aromatic nitrogens is 2. The van der Waals surface area contributed by atoms with E-state index in [4.69, 9.17) is 0 Å². The van der Waals surface area contributed by atoms with Crippen molar-refractivity contribution in [3.05, 3.63) is 47.3 Å². The Hall–Kier alpha value is -2.10. The van der Waals surface area contributed by atoms with E-state index >= 15 is 0 Å². The molecule has 0 spiro atoms. The van der Waals surface area contributed by atoms with E-state index in [1.807, 2.05) is 41.9 Å². The van der Waals surface area contributed by atoms with E-state index in [1.165, 1.54) is 11.3 Å². The molecule has 3 rings (SSSR count). The zero-order valence-corrected chi connectivity index (χ0v) is 12.2. The molecule has 21 heavy (non-hydrogen) atoms. The number of carbonyl (C=O) groups is 1. The molecule has 0 radical (unpaired) electrons. The summed E-state index contributed by atoms with van der Waals surface area (Å²) >= 11 is 0. The highest BCUT2D eigenvalue weighted by atomic mass is 16.4. The van der Waals surface area contributed by atoms with Gasteiger partial charge in [-0.25, -0.2) is 4.68 Å². The summed E-state index contributed by atoms with van der Waals surface area (Å²) in [7, 11) is 0. The van der Waals surface area contributed by atoms with Crippen LogP contribution in [0.5, 0.6) is 0 Å². The summed E-state index contributed by atoms with van der Waals surface area (Å²) in [4.78, 5) is 11.6. The van der Waals surface area contributed by atoms with E-state index in [0.717, 1.165) is 37.1 Å². The molecular formula is C17H20N2O2. The largest absolute Gasteiger partial charge is 0.481 e. The van der Waals surface area contributed by atoms with E-state index in [9.17, 15) is 9.90 Å². The smallest absolute Gasteiger partial charge is 0.312 e. The van der Waals surface area contributed by atoms with Gasteiger partial charge in [-0.3, -0.25) is 4.79 Å². The molecule has 110 valence electrons. The summed E-state index contributed by atoms with van der Waals surface area (Å²) in [6, 6.07) is 9.98. The Morgan fingerprint density at radius 3 is 2.76 bits per heavy atom. The van der Waals surface area contributed by atoms with Gasteiger partial charge in [0.15, 0.2) is 0 Å². The first-order valence-electron chi connectivity index (χ1n) is 7.61. The maximum atomic E-state index is 11.6. The molecule has 0 fully saturated rings. The standard InChI is InChI=1S/C17H20N2O2/c1-2-7-14(17(20)21)16-13-10-6-11-15(13)19(18-16)12-8-4-3-5-9-12/h3-5,8-9,14H,2,6-7,10-11H2,1H3,(H,20,21). The predicted molar refractivity (Wildman–Crippen MR) is 80.9 cm³/mol. The molecule has 0 bridgehead atoms. The lowest BCUT2D eigenvalue weighted by molar-refractivity contribution is -0.139. The van der Waals surface area contributed by atoms with Gasteiger partial charge in [-0.2, -0.15) is 5.10 Å². The lowest BCUT2D eigenvalue weighted by Crippen LogP contribution is -2.14. The second-order valence-corrected chi connectivity index (χ2v) is 5.59. The number of carboxylic acids is 1. The molecule has 1 aliphatic rings. The first-order chi connectivity index (χ1) is 10.2. The number of para-hydroxylation sites is 1. The molecule has 1 aromatic carbocycles. The Balaban J connectivity index is 2.09. The zero-order chi connectivity index (χ0) is 14.8. The van der Waals surface area contributed by atoms with Gasteiger partial charge in [0.2, 0.25) is 0 Å². The minimum Gasteiger partial charge on any atom is -0.481 e. The first-order valence-corrected chi connectivity index (χ1v) is 7.61. The molecule has 0 aliphatic heterocycles. The van der Waals surface area contributed by atoms with Crippen LogP contribution in [0, 0.1) is 0 Å². The lowest BCUT2D eigenvalue weighted by Gasteiger charge is -2.10. The summed E-state index contributed by atoms with van der Waals surface area (Å²) in [6.45, 7) is 2.02. The van der Waals surface area contributed by atoms with E-state index in [0.29, 0.717) is 6.42 Å². The summed E-state index contributed by atoms with van der Waals surface area (Å²) in [5.74, 6) is -1.24. The number of rotatable bonds is 5. The quantitative estimate of drug-likeness (QED) is 0.916. The summed E-state index contributed by atoms with van der Waals surface area (Å²) in [6.07, 6.45) is 4.52. The van der Waals surface area contributed by atoms with Gasteiger partial charge >= 0.3 is 5.97 Å².